The third-order valence-corrected chi connectivity index (χ3v) is 5.14. The number of aryl methyl sites for hydroxylation is 1. The standard InChI is InChI=1S/C17H25FN2/c1-14-5-6-16(18)11-15(14)12-20-10-9-19-13-17(20)7-3-2-4-8-17/h5-6,11,19H,2-4,7-10,12-13H2,1H3. The molecule has 2 fully saturated rings. The molecule has 0 unspecified atom stereocenters. The molecule has 0 amide bonds. The fourth-order valence-corrected chi connectivity index (χ4v) is 3.85. The van der Waals surface area contributed by atoms with Crippen LogP contribution in [0.4, 0.5) is 4.39 Å². The summed E-state index contributed by atoms with van der Waals surface area (Å²) in [6.07, 6.45) is 6.61. The lowest BCUT2D eigenvalue weighted by Gasteiger charge is -2.50. The largest absolute Gasteiger partial charge is 0.314 e. The van der Waals surface area contributed by atoms with Gasteiger partial charge in [0.15, 0.2) is 0 Å². The summed E-state index contributed by atoms with van der Waals surface area (Å²) in [6.45, 7) is 6.21. The van der Waals surface area contributed by atoms with E-state index in [1.54, 1.807) is 12.1 Å². The molecule has 0 bridgehead atoms. The van der Waals surface area contributed by atoms with Crippen LogP contribution in [-0.2, 0) is 6.54 Å². The van der Waals surface area contributed by atoms with Crippen LogP contribution in [0.15, 0.2) is 18.2 Å². The van der Waals surface area contributed by atoms with Crippen LogP contribution in [0.3, 0.4) is 0 Å². The Bertz CT molecular complexity index is 458. The van der Waals surface area contributed by atoms with Crippen LogP contribution >= 0.6 is 0 Å². The topological polar surface area (TPSA) is 15.3 Å². The second-order valence-corrected chi connectivity index (χ2v) is 6.45. The van der Waals surface area contributed by atoms with Gasteiger partial charge in [0.1, 0.15) is 5.82 Å². The van der Waals surface area contributed by atoms with Crippen molar-refractivity contribution < 1.29 is 4.39 Å². The number of nitrogens with one attached hydrogen (secondary N) is 1. The molecule has 0 atom stereocenters. The second-order valence-electron chi connectivity index (χ2n) is 6.45. The van der Waals surface area contributed by atoms with Crippen LogP contribution in [0.5, 0.6) is 0 Å². The van der Waals surface area contributed by atoms with Crippen molar-refractivity contribution in [2.24, 2.45) is 0 Å². The van der Waals surface area contributed by atoms with Gasteiger partial charge in [0.05, 0.1) is 0 Å². The van der Waals surface area contributed by atoms with E-state index in [2.05, 4.69) is 17.1 Å². The number of rotatable bonds is 2. The summed E-state index contributed by atoms with van der Waals surface area (Å²) < 4.78 is 13.5. The minimum absolute atomic E-state index is 0.113. The minimum atomic E-state index is -0.113. The summed E-state index contributed by atoms with van der Waals surface area (Å²) in [5, 5.41) is 3.57. The molecule has 0 radical (unpaired) electrons. The van der Waals surface area contributed by atoms with E-state index < -0.39 is 0 Å². The highest BCUT2D eigenvalue weighted by atomic mass is 19.1. The van der Waals surface area contributed by atoms with Crippen LogP contribution in [0.1, 0.15) is 43.2 Å². The molecule has 20 heavy (non-hydrogen) atoms. The molecular formula is C17H25FN2. The van der Waals surface area contributed by atoms with E-state index in [0.29, 0.717) is 5.54 Å². The van der Waals surface area contributed by atoms with Gasteiger partial charge < -0.3 is 5.32 Å². The van der Waals surface area contributed by atoms with Crippen molar-refractivity contribution in [3.05, 3.63) is 35.1 Å². The smallest absolute Gasteiger partial charge is 0.123 e. The second kappa shape index (κ2) is 5.82. The average molecular weight is 276 g/mol. The van der Waals surface area contributed by atoms with Crippen molar-refractivity contribution in [3.63, 3.8) is 0 Å². The van der Waals surface area contributed by atoms with Crippen molar-refractivity contribution in [2.45, 2.75) is 51.1 Å². The third kappa shape index (κ3) is 2.75. The molecule has 3 heteroatoms. The summed E-state index contributed by atoms with van der Waals surface area (Å²) in [5.41, 5.74) is 2.67. The molecule has 3 rings (SSSR count). The van der Waals surface area contributed by atoms with Crippen LogP contribution in [0.25, 0.3) is 0 Å². The van der Waals surface area contributed by atoms with E-state index in [1.165, 1.54) is 37.7 Å². The Balaban J connectivity index is 1.81. The lowest BCUT2D eigenvalue weighted by Crippen LogP contribution is -2.61. The first-order chi connectivity index (χ1) is 9.70. The Morgan fingerprint density at radius 2 is 2.05 bits per heavy atom. The zero-order valence-electron chi connectivity index (χ0n) is 12.4. The quantitative estimate of drug-likeness (QED) is 0.892. The van der Waals surface area contributed by atoms with Crippen LogP contribution in [0.2, 0.25) is 0 Å². The molecule has 1 spiro atoms. The third-order valence-electron chi connectivity index (χ3n) is 5.14. The first-order valence-electron chi connectivity index (χ1n) is 7.90. The fourth-order valence-electron chi connectivity index (χ4n) is 3.85. The Morgan fingerprint density at radius 3 is 2.85 bits per heavy atom. The summed E-state index contributed by atoms with van der Waals surface area (Å²) in [7, 11) is 0. The molecule has 0 aromatic heterocycles. The lowest BCUT2D eigenvalue weighted by molar-refractivity contribution is 0.0207. The van der Waals surface area contributed by atoms with E-state index in [4.69, 9.17) is 0 Å². The van der Waals surface area contributed by atoms with Gasteiger partial charge in [0.2, 0.25) is 0 Å². The molecule has 2 nitrogen and oxygen atoms in total. The highest BCUT2D eigenvalue weighted by Gasteiger charge is 2.39. The number of piperazine rings is 1. The van der Waals surface area contributed by atoms with Crippen LogP contribution in [-0.4, -0.2) is 30.1 Å². The Kier molecular flexibility index (Phi) is 4.08. The molecular weight excluding hydrogens is 251 g/mol. The SMILES string of the molecule is Cc1ccc(F)cc1CN1CCNCC12CCCCC2. The molecule has 1 saturated carbocycles. The van der Waals surface area contributed by atoms with Crippen LogP contribution < -0.4 is 5.32 Å². The zero-order chi connectivity index (χ0) is 14.0. The lowest BCUT2D eigenvalue weighted by atomic mass is 9.78. The summed E-state index contributed by atoms with van der Waals surface area (Å²) in [5.74, 6) is -0.113. The van der Waals surface area contributed by atoms with Crippen molar-refractivity contribution in [3.8, 4) is 0 Å². The van der Waals surface area contributed by atoms with E-state index >= 15 is 0 Å². The molecule has 1 aliphatic heterocycles. The molecule has 1 aromatic rings. The van der Waals surface area contributed by atoms with Gasteiger partial charge in [-0.3, -0.25) is 4.90 Å². The number of hydrogen-bond donors (Lipinski definition) is 1. The van der Waals surface area contributed by atoms with Gasteiger partial charge in [0.25, 0.3) is 0 Å². The summed E-state index contributed by atoms with van der Waals surface area (Å²) >= 11 is 0. The Morgan fingerprint density at radius 1 is 1.25 bits per heavy atom. The highest BCUT2D eigenvalue weighted by molar-refractivity contribution is 5.27. The molecule has 1 heterocycles. The first-order valence-corrected chi connectivity index (χ1v) is 7.90. The normalized spacial score (nSPS) is 23.1. The monoisotopic (exact) mass is 276 g/mol. The van der Waals surface area contributed by atoms with Crippen molar-refractivity contribution in [1.82, 2.24) is 10.2 Å². The van der Waals surface area contributed by atoms with Crippen molar-refractivity contribution in [2.75, 3.05) is 19.6 Å². The molecule has 1 saturated heterocycles. The van der Waals surface area contributed by atoms with Gasteiger partial charge in [-0.05, 0) is 43.0 Å². The van der Waals surface area contributed by atoms with E-state index in [1.807, 2.05) is 6.07 Å². The maximum atomic E-state index is 13.5. The maximum Gasteiger partial charge on any atom is 0.123 e. The fraction of sp³-hybridized carbons (Fsp3) is 0.647. The van der Waals surface area contributed by atoms with E-state index in [-0.39, 0.29) is 5.82 Å². The van der Waals surface area contributed by atoms with Gasteiger partial charge in [-0.1, -0.05) is 25.3 Å². The number of hydrogen-bond acceptors (Lipinski definition) is 2. The number of halogens is 1. The molecule has 110 valence electrons. The zero-order valence-corrected chi connectivity index (χ0v) is 12.4. The summed E-state index contributed by atoms with van der Waals surface area (Å²) in [4.78, 5) is 2.62. The van der Waals surface area contributed by atoms with Crippen molar-refractivity contribution >= 4 is 0 Å². The predicted molar refractivity (Wildman–Crippen MR) is 80.2 cm³/mol. The Hall–Kier alpha value is -0.930. The molecule has 2 aliphatic rings. The van der Waals surface area contributed by atoms with E-state index in [0.717, 1.165) is 31.7 Å². The van der Waals surface area contributed by atoms with Gasteiger partial charge in [-0.2, -0.15) is 0 Å². The molecule has 1 N–H and O–H groups in total. The predicted octanol–water partition coefficient (Wildman–Crippen LogP) is 3.24. The minimum Gasteiger partial charge on any atom is -0.314 e. The average Bonchev–Trinajstić information content (AvgIpc) is 2.46. The maximum absolute atomic E-state index is 13.5. The first kappa shape index (κ1) is 14.0. The molecule has 1 aliphatic carbocycles. The highest BCUT2D eigenvalue weighted by Crippen LogP contribution is 2.35. The molecule has 1 aromatic carbocycles. The van der Waals surface area contributed by atoms with Gasteiger partial charge in [0, 0.05) is 31.7 Å². The number of nitrogens with zero attached hydrogens (tertiary/aromatic N) is 1. The van der Waals surface area contributed by atoms with Crippen molar-refractivity contribution in [1.29, 1.82) is 0 Å². The van der Waals surface area contributed by atoms with Gasteiger partial charge in [-0.25, -0.2) is 4.39 Å². The van der Waals surface area contributed by atoms with Gasteiger partial charge >= 0.3 is 0 Å². The Labute approximate surface area is 121 Å². The number of benzene rings is 1. The van der Waals surface area contributed by atoms with E-state index in [9.17, 15) is 4.39 Å². The summed E-state index contributed by atoms with van der Waals surface area (Å²) in [6, 6.07) is 5.18. The van der Waals surface area contributed by atoms with Crippen LogP contribution in [0, 0.1) is 12.7 Å². The van der Waals surface area contributed by atoms with Gasteiger partial charge in [-0.15, -0.1) is 0 Å².